The van der Waals surface area contributed by atoms with E-state index in [1.165, 1.54) is 19.2 Å². The summed E-state index contributed by atoms with van der Waals surface area (Å²) in [6, 6.07) is 23.1. The Kier molecular flexibility index (Phi) is 9.92. The van der Waals surface area contributed by atoms with E-state index in [2.05, 4.69) is 4.74 Å². The Morgan fingerprint density at radius 1 is 0.538 bits per heavy atom. The molecule has 0 aliphatic carbocycles. The zero-order valence-corrected chi connectivity index (χ0v) is 15.0. The van der Waals surface area contributed by atoms with E-state index in [-0.39, 0.29) is 5.75 Å². The van der Waals surface area contributed by atoms with E-state index in [0.717, 1.165) is 17.6 Å². The number of rotatable bonds is 3. The monoisotopic (exact) mass is 360 g/mol. The summed E-state index contributed by atoms with van der Waals surface area (Å²) in [6.07, 6.45) is 0. The average Bonchev–Trinajstić information content (AvgIpc) is 2.72. The molecule has 0 bridgehead atoms. The van der Waals surface area contributed by atoms with Crippen LogP contribution in [0.15, 0.2) is 78.9 Å². The van der Waals surface area contributed by atoms with Crippen LogP contribution in [0.3, 0.4) is 0 Å². The Morgan fingerprint density at radius 3 is 1.31 bits per heavy atom. The lowest BCUT2D eigenvalue weighted by Crippen LogP contribution is -1.90. The zero-order chi connectivity index (χ0) is 19.2. The second-order valence-corrected chi connectivity index (χ2v) is 4.79. The van der Waals surface area contributed by atoms with E-state index in [4.69, 9.17) is 9.47 Å². The molecule has 0 aromatic heterocycles. The first-order chi connectivity index (χ1) is 12.6. The van der Waals surface area contributed by atoms with Crippen LogP contribution in [0.4, 0.5) is 8.78 Å². The van der Waals surface area contributed by atoms with Gasteiger partial charge in [0.1, 0.15) is 11.5 Å². The summed E-state index contributed by atoms with van der Waals surface area (Å²) in [6.45, 7) is 0. The lowest BCUT2D eigenvalue weighted by Gasteiger charge is -1.99. The zero-order valence-electron chi connectivity index (χ0n) is 15.0. The standard InChI is InChI=1S/C7H6F2O.2C7H8O/c1-10-6-4-2-3-5(8)7(6)9;2*1-8-7-5-3-2-4-6-7/h2-4H,1H3;2*2-6H,1H3. The third kappa shape index (κ3) is 7.66. The normalized spacial score (nSPS) is 8.96. The molecule has 0 aliphatic rings. The molecule has 3 aromatic carbocycles. The molecule has 0 saturated carbocycles. The van der Waals surface area contributed by atoms with Crippen molar-refractivity contribution in [2.75, 3.05) is 21.3 Å². The summed E-state index contributed by atoms with van der Waals surface area (Å²) in [4.78, 5) is 0. The van der Waals surface area contributed by atoms with Gasteiger partial charge < -0.3 is 14.2 Å². The lowest BCUT2D eigenvalue weighted by molar-refractivity contribution is 0.372. The van der Waals surface area contributed by atoms with Crippen molar-refractivity contribution in [1.82, 2.24) is 0 Å². The number of halogens is 2. The van der Waals surface area contributed by atoms with Gasteiger partial charge in [0.25, 0.3) is 0 Å². The minimum Gasteiger partial charge on any atom is -0.497 e. The summed E-state index contributed by atoms with van der Waals surface area (Å²) in [5.41, 5.74) is 0. The second-order valence-electron chi connectivity index (χ2n) is 4.79. The maximum atomic E-state index is 12.5. The van der Waals surface area contributed by atoms with Crippen molar-refractivity contribution in [2.24, 2.45) is 0 Å². The van der Waals surface area contributed by atoms with Crippen molar-refractivity contribution in [3.63, 3.8) is 0 Å². The molecule has 3 nitrogen and oxygen atoms in total. The van der Waals surface area contributed by atoms with E-state index in [0.29, 0.717) is 0 Å². The largest absolute Gasteiger partial charge is 0.497 e. The highest BCUT2D eigenvalue weighted by Gasteiger charge is 2.05. The predicted molar refractivity (Wildman–Crippen MR) is 98.9 cm³/mol. The van der Waals surface area contributed by atoms with Crippen LogP contribution >= 0.6 is 0 Å². The molecular weight excluding hydrogens is 338 g/mol. The number of methoxy groups -OCH3 is 3. The van der Waals surface area contributed by atoms with Crippen molar-refractivity contribution in [1.29, 1.82) is 0 Å². The lowest BCUT2D eigenvalue weighted by atomic mass is 10.3. The van der Waals surface area contributed by atoms with Crippen LogP contribution in [0.5, 0.6) is 17.2 Å². The van der Waals surface area contributed by atoms with Crippen LogP contribution in [0.25, 0.3) is 0 Å². The van der Waals surface area contributed by atoms with Crippen LogP contribution in [0.2, 0.25) is 0 Å². The van der Waals surface area contributed by atoms with E-state index in [9.17, 15) is 8.78 Å². The molecule has 0 amide bonds. The van der Waals surface area contributed by atoms with Gasteiger partial charge in [0.15, 0.2) is 11.6 Å². The molecule has 26 heavy (non-hydrogen) atoms. The SMILES string of the molecule is COc1cccc(F)c1F.COc1ccccc1.COc1ccccc1. The second kappa shape index (κ2) is 12.3. The van der Waals surface area contributed by atoms with Gasteiger partial charge in [-0.15, -0.1) is 0 Å². The van der Waals surface area contributed by atoms with Crippen LogP contribution < -0.4 is 14.2 Å². The van der Waals surface area contributed by atoms with Crippen LogP contribution in [0.1, 0.15) is 0 Å². The van der Waals surface area contributed by atoms with Crippen molar-refractivity contribution < 1.29 is 23.0 Å². The van der Waals surface area contributed by atoms with Crippen LogP contribution in [-0.4, -0.2) is 21.3 Å². The quantitative estimate of drug-likeness (QED) is 0.629. The van der Waals surface area contributed by atoms with Crippen LogP contribution in [0, 0.1) is 11.6 Å². The number of para-hydroxylation sites is 2. The van der Waals surface area contributed by atoms with Crippen molar-refractivity contribution in [3.8, 4) is 17.2 Å². The Morgan fingerprint density at radius 2 is 1.00 bits per heavy atom. The maximum absolute atomic E-state index is 12.5. The summed E-state index contributed by atoms with van der Waals surface area (Å²) < 4.78 is 39.2. The molecule has 3 aromatic rings. The highest BCUT2D eigenvalue weighted by Crippen LogP contribution is 2.17. The fourth-order valence-corrected chi connectivity index (χ4v) is 1.75. The molecule has 0 atom stereocenters. The van der Waals surface area contributed by atoms with Crippen molar-refractivity contribution in [3.05, 3.63) is 90.5 Å². The van der Waals surface area contributed by atoms with Gasteiger partial charge in [-0.1, -0.05) is 42.5 Å². The Hall–Kier alpha value is -3.08. The number of hydrogen-bond acceptors (Lipinski definition) is 3. The van der Waals surface area contributed by atoms with Gasteiger partial charge in [-0.25, -0.2) is 4.39 Å². The van der Waals surface area contributed by atoms with Gasteiger partial charge in [0.05, 0.1) is 21.3 Å². The summed E-state index contributed by atoms with van der Waals surface area (Å²) >= 11 is 0. The van der Waals surface area contributed by atoms with E-state index in [1.807, 2.05) is 60.7 Å². The maximum Gasteiger partial charge on any atom is 0.200 e. The molecule has 0 unspecified atom stereocenters. The molecule has 0 aliphatic heterocycles. The van der Waals surface area contributed by atoms with Gasteiger partial charge in [-0.3, -0.25) is 0 Å². The first-order valence-corrected chi connectivity index (χ1v) is 7.78. The van der Waals surface area contributed by atoms with Gasteiger partial charge in [0.2, 0.25) is 5.82 Å². The van der Waals surface area contributed by atoms with E-state index < -0.39 is 11.6 Å². The van der Waals surface area contributed by atoms with Crippen LogP contribution in [-0.2, 0) is 0 Å². The van der Waals surface area contributed by atoms with E-state index in [1.54, 1.807) is 14.2 Å². The minimum atomic E-state index is -0.940. The smallest absolute Gasteiger partial charge is 0.200 e. The molecule has 0 radical (unpaired) electrons. The van der Waals surface area contributed by atoms with Crippen molar-refractivity contribution in [2.45, 2.75) is 0 Å². The molecule has 3 rings (SSSR count). The number of hydrogen-bond donors (Lipinski definition) is 0. The topological polar surface area (TPSA) is 27.7 Å². The third-order valence-electron chi connectivity index (χ3n) is 3.09. The highest BCUT2D eigenvalue weighted by molar-refractivity contribution is 5.24. The number of benzene rings is 3. The fourth-order valence-electron chi connectivity index (χ4n) is 1.75. The highest BCUT2D eigenvalue weighted by atomic mass is 19.2. The van der Waals surface area contributed by atoms with Gasteiger partial charge in [-0.05, 0) is 36.4 Å². The summed E-state index contributed by atoms with van der Waals surface area (Å²) in [7, 11) is 4.61. The average molecular weight is 360 g/mol. The molecule has 138 valence electrons. The van der Waals surface area contributed by atoms with Gasteiger partial charge in [0, 0.05) is 0 Å². The minimum absolute atomic E-state index is 0.0694. The first kappa shape index (κ1) is 21.0. The molecule has 5 heteroatoms. The van der Waals surface area contributed by atoms with E-state index >= 15 is 0 Å². The Labute approximate surface area is 152 Å². The molecule has 0 saturated heterocycles. The Bertz CT molecular complexity index is 695. The van der Waals surface area contributed by atoms with Gasteiger partial charge in [-0.2, -0.15) is 4.39 Å². The summed E-state index contributed by atoms with van der Waals surface area (Å²) in [5, 5.41) is 0. The van der Waals surface area contributed by atoms with Gasteiger partial charge >= 0.3 is 0 Å². The molecule has 0 fully saturated rings. The summed E-state index contributed by atoms with van der Waals surface area (Å²) in [5.74, 6) is -0.0793. The van der Waals surface area contributed by atoms with Crippen molar-refractivity contribution >= 4 is 0 Å². The molecule has 0 N–H and O–H groups in total. The molecular formula is C21H22F2O3. The fraction of sp³-hybridized carbons (Fsp3) is 0.143. The molecule has 0 spiro atoms. The third-order valence-corrected chi connectivity index (χ3v) is 3.09. The number of ether oxygens (including phenoxy) is 3. The molecule has 0 heterocycles. The Balaban J connectivity index is 0.000000197. The first-order valence-electron chi connectivity index (χ1n) is 7.78. The predicted octanol–water partition coefficient (Wildman–Crippen LogP) is 5.36.